The van der Waals surface area contributed by atoms with Crippen molar-refractivity contribution in [3.63, 3.8) is 0 Å². The summed E-state index contributed by atoms with van der Waals surface area (Å²) in [5, 5.41) is 9.50. The first-order chi connectivity index (χ1) is 11.8. The summed E-state index contributed by atoms with van der Waals surface area (Å²) >= 11 is 0. The quantitative estimate of drug-likeness (QED) is 0.897. The Morgan fingerprint density at radius 2 is 2.12 bits per heavy atom. The van der Waals surface area contributed by atoms with E-state index in [1.54, 1.807) is 10.9 Å². The fourth-order valence-corrected chi connectivity index (χ4v) is 2.53. The van der Waals surface area contributed by atoms with Gasteiger partial charge in [0.2, 0.25) is 0 Å². The molecule has 25 heavy (non-hydrogen) atoms. The number of hydrogen-bond donors (Lipinski definition) is 2. The summed E-state index contributed by atoms with van der Waals surface area (Å²) in [4.78, 5) is 25.6. The molecule has 1 aliphatic heterocycles. The highest BCUT2D eigenvalue weighted by Crippen LogP contribution is 2.22. The van der Waals surface area contributed by atoms with Crippen LogP contribution in [0.5, 0.6) is 0 Å². The van der Waals surface area contributed by atoms with Gasteiger partial charge < -0.3 is 10.6 Å². The molecule has 1 fully saturated rings. The number of hydrogen-bond acceptors (Lipinski definition) is 3. The molecule has 1 aromatic heterocycles. The standard InChI is InChI=1S/C17H20FN5O2/c1-17(2,3)23-10-11(9-20-23)21-15(24)13-8-12(4-5-14(13)18)22-7-6-19-16(22)25/h4-5,8-10H,6-7H2,1-3H3,(H,19,25)(H,21,24). The highest BCUT2D eigenvalue weighted by molar-refractivity contribution is 6.05. The predicted octanol–water partition coefficient (Wildman–Crippen LogP) is 2.56. The summed E-state index contributed by atoms with van der Waals surface area (Å²) in [5.41, 5.74) is 0.605. The van der Waals surface area contributed by atoms with Crippen molar-refractivity contribution < 1.29 is 14.0 Å². The zero-order chi connectivity index (χ0) is 18.2. The molecule has 8 heteroatoms. The first-order valence-electron chi connectivity index (χ1n) is 7.97. The number of urea groups is 1. The molecule has 0 atom stereocenters. The second kappa shape index (κ2) is 6.19. The lowest BCUT2D eigenvalue weighted by atomic mass is 10.1. The van der Waals surface area contributed by atoms with Crippen LogP contribution in [0, 0.1) is 5.82 Å². The van der Waals surface area contributed by atoms with E-state index in [2.05, 4.69) is 15.7 Å². The minimum Gasteiger partial charge on any atom is -0.336 e. The number of rotatable bonds is 3. The van der Waals surface area contributed by atoms with E-state index in [9.17, 15) is 14.0 Å². The smallest absolute Gasteiger partial charge is 0.321 e. The monoisotopic (exact) mass is 345 g/mol. The molecule has 132 valence electrons. The fraction of sp³-hybridized carbons (Fsp3) is 0.353. The number of nitrogens with zero attached hydrogens (tertiary/aromatic N) is 3. The number of halogens is 1. The Kier molecular flexibility index (Phi) is 4.20. The van der Waals surface area contributed by atoms with Gasteiger partial charge in [-0.15, -0.1) is 0 Å². The molecule has 3 rings (SSSR count). The molecule has 2 heterocycles. The average molecular weight is 345 g/mol. The van der Waals surface area contributed by atoms with Crippen molar-refractivity contribution in [1.29, 1.82) is 0 Å². The van der Waals surface area contributed by atoms with Crippen molar-refractivity contribution in [2.45, 2.75) is 26.3 Å². The van der Waals surface area contributed by atoms with Gasteiger partial charge in [-0.2, -0.15) is 5.10 Å². The maximum atomic E-state index is 14.1. The first kappa shape index (κ1) is 16.9. The van der Waals surface area contributed by atoms with Crippen LogP contribution >= 0.6 is 0 Å². The number of aromatic nitrogens is 2. The topological polar surface area (TPSA) is 79.3 Å². The minimum atomic E-state index is -0.649. The van der Waals surface area contributed by atoms with Crippen molar-refractivity contribution in [2.24, 2.45) is 0 Å². The third-order valence-electron chi connectivity index (χ3n) is 3.89. The van der Waals surface area contributed by atoms with Crippen molar-refractivity contribution in [2.75, 3.05) is 23.3 Å². The van der Waals surface area contributed by atoms with Gasteiger partial charge in [-0.05, 0) is 39.0 Å². The van der Waals surface area contributed by atoms with E-state index in [1.165, 1.54) is 29.3 Å². The Morgan fingerprint density at radius 1 is 1.36 bits per heavy atom. The highest BCUT2D eigenvalue weighted by Gasteiger charge is 2.23. The SMILES string of the molecule is CC(C)(C)n1cc(NC(=O)c2cc(N3CCNC3=O)ccc2F)cn1. The Labute approximate surface area is 144 Å². The van der Waals surface area contributed by atoms with E-state index >= 15 is 0 Å². The van der Waals surface area contributed by atoms with Crippen LogP contribution in [0.15, 0.2) is 30.6 Å². The maximum Gasteiger partial charge on any atom is 0.321 e. The Hall–Kier alpha value is -2.90. The van der Waals surface area contributed by atoms with Crippen molar-refractivity contribution >= 4 is 23.3 Å². The second-order valence-corrected chi connectivity index (χ2v) is 6.85. The molecule has 1 aromatic carbocycles. The predicted molar refractivity (Wildman–Crippen MR) is 92.3 cm³/mol. The Balaban J connectivity index is 1.82. The maximum absolute atomic E-state index is 14.1. The molecular weight excluding hydrogens is 325 g/mol. The third kappa shape index (κ3) is 3.47. The summed E-state index contributed by atoms with van der Waals surface area (Å²) < 4.78 is 15.8. The molecule has 0 unspecified atom stereocenters. The van der Waals surface area contributed by atoms with Gasteiger partial charge in [0, 0.05) is 25.0 Å². The number of carbonyl (C=O) groups is 2. The van der Waals surface area contributed by atoms with Gasteiger partial charge in [0.1, 0.15) is 5.82 Å². The molecule has 0 spiro atoms. The van der Waals surface area contributed by atoms with Gasteiger partial charge in [-0.1, -0.05) is 0 Å². The Bertz CT molecular complexity index is 825. The number of nitrogens with one attached hydrogen (secondary N) is 2. The van der Waals surface area contributed by atoms with Crippen LogP contribution in [0.3, 0.4) is 0 Å². The number of anilines is 2. The summed E-state index contributed by atoms with van der Waals surface area (Å²) in [7, 11) is 0. The molecule has 2 N–H and O–H groups in total. The number of amides is 3. The lowest BCUT2D eigenvalue weighted by Gasteiger charge is -2.18. The van der Waals surface area contributed by atoms with Crippen LogP contribution in [-0.2, 0) is 5.54 Å². The van der Waals surface area contributed by atoms with Gasteiger partial charge in [-0.25, -0.2) is 9.18 Å². The normalized spacial score (nSPS) is 14.6. The van der Waals surface area contributed by atoms with Gasteiger partial charge in [0.05, 0.1) is 23.0 Å². The van der Waals surface area contributed by atoms with E-state index in [0.717, 1.165) is 0 Å². The molecular formula is C17H20FN5O2. The number of benzene rings is 1. The zero-order valence-electron chi connectivity index (χ0n) is 14.3. The molecule has 1 saturated heterocycles. The number of carbonyl (C=O) groups excluding carboxylic acids is 2. The van der Waals surface area contributed by atoms with E-state index in [4.69, 9.17) is 0 Å². The zero-order valence-corrected chi connectivity index (χ0v) is 14.3. The highest BCUT2D eigenvalue weighted by atomic mass is 19.1. The average Bonchev–Trinajstić information content (AvgIpc) is 3.16. The summed E-state index contributed by atoms with van der Waals surface area (Å²) in [6.07, 6.45) is 3.20. The van der Waals surface area contributed by atoms with E-state index < -0.39 is 11.7 Å². The summed E-state index contributed by atoms with van der Waals surface area (Å²) in [5.74, 6) is -1.24. The van der Waals surface area contributed by atoms with Crippen LogP contribution < -0.4 is 15.5 Å². The molecule has 0 saturated carbocycles. The molecule has 0 bridgehead atoms. The van der Waals surface area contributed by atoms with Crippen LogP contribution in [0.1, 0.15) is 31.1 Å². The largest absolute Gasteiger partial charge is 0.336 e. The molecule has 1 aliphatic rings. The van der Waals surface area contributed by atoms with E-state index in [1.807, 2.05) is 20.8 Å². The van der Waals surface area contributed by atoms with Crippen molar-refractivity contribution in [3.8, 4) is 0 Å². The third-order valence-corrected chi connectivity index (χ3v) is 3.89. The lowest BCUT2D eigenvalue weighted by Crippen LogP contribution is -2.28. The van der Waals surface area contributed by atoms with Crippen molar-refractivity contribution in [3.05, 3.63) is 42.0 Å². The van der Waals surface area contributed by atoms with Crippen LogP contribution in [0.25, 0.3) is 0 Å². The first-order valence-corrected chi connectivity index (χ1v) is 7.97. The Morgan fingerprint density at radius 3 is 2.72 bits per heavy atom. The summed E-state index contributed by atoms with van der Waals surface area (Å²) in [6, 6.07) is 3.79. The second-order valence-electron chi connectivity index (χ2n) is 6.85. The van der Waals surface area contributed by atoms with Crippen LogP contribution in [-0.4, -0.2) is 34.8 Å². The van der Waals surface area contributed by atoms with Crippen LogP contribution in [0.4, 0.5) is 20.6 Å². The fourth-order valence-electron chi connectivity index (χ4n) is 2.53. The molecule has 3 amide bonds. The van der Waals surface area contributed by atoms with E-state index in [-0.39, 0.29) is 17.1 Å². The van der Waals surface area contributed by atoms with Crippen LogP contribution in [0.2, 0.25) is 0 Å². The van der Waals surface area contributed by atoms with Gasteiger partial charge in [0.25, 0.3) is 5.91 Å². The van der Waals surface area contributed by atoms with E-state index in [0.29, 0.717) is 24.5 Å². The summed E-state index contributed by atoms with van der Waals surface area (Å²) in [6.45, 7) is 6.94. The molecule has 0 aliphatic carbocycles. The minimum absolute atomic E-state index is 0.124. The lowest BCUT2D eigenvalue weighted by molar-refractivity contribution is 0.102. The van der Waals surface area contributed by atoms with Gasteiger partial charge in [0.15, 0.2) is 0 Å². The van der Waals surface area contributed by atoms with Gasteiger partial charge >= 0.3 is 6.03 Å². The van der Waals surface area contributed by atoms with Gasteiger partial charge in [-0.3, -0.25) is 14.4 Å². The van der Waals surface area contributed by atoms with Crippen molar-refractivity contribution in [1.82, 2.24) is 15.1 Å². The molecule has 0 radical (unpaired) electrons. The molecule has 7 nitrogen and oxygen atoms in total. The molecule has 2 aromatic rings.